The zero-order valence-electron chi connectivity index (χ0n) is 8.86. The maximum Gasteiger partial charge on any atom is 0.276 e. The number of nitrogens with zero attached hydrogens (tertiary/aromatic N) is 1. The molecule has 1 N–H and O–H groups in total. The molecule has 0 saturated carbocycles. The van der Waals surface area contributed by atoms with Crippen LogP contribution in [0.1, 0.15) is 12.5 Å². The molecule has 0 saturated heterocycles. The molecular formula is C11H14N2O2. The lowest BCUT2D eigenvalue weighted by molar-refractivity contribution is -0.385. The summed E-state index contributed by atoms with van der Waals surface area (Å²) in [5, 5.41) is 13.7. The van der Waals surface area contributed by atoms with E-state index in [9.17, 15) is 10.1 Å². The number of likely N-dealkylation sites (N-methyl/N-ethyl adjacent to an activating group) is 1. The molecule has 0 amide bonds. The van der Waals surface area contributed by atoms with Crippen molar-refractivity contribution in [3.8, 4) is 0 Å². The van der Waals surface area contributed by atoms with Crippen molar-refractivity contribution >= 4 is 11.8 Å². The van der Waals surface area contributed by atoms with Crippen LogP contribution in [0.2, 0.25) is 0 Å². The van der Waals surface area contributed by atoms with Crippen LogP contribution >= 0.6 is 0 Å². The van der Waals surface area contributed by atoms with E-state index >= 15 is 0 Å². The first-order valence-corrected chi connectivity index (χ1v) is 4.70. The smallest absolute Gasteiger partial charge is 0.276 e. The Kier molecular flexibility index (Phi) is 4.00. The lowest BCUT2D eigenvalue weighted by Crippen LogP contribution is -2.08. The highest BCUT2D eigenvalue weighted by molar-refractivity contribution is 5.62. The Hall–Kier alpha value is -1.68. The van der Waals surface area contributed by atoms with Crippen LogP contribution in [-0.2, 0) is 0 Å². The topological polar surface area (TPSA) is 55.2 Å². The SMILES string of the molecule is CNCC(C)=Cc1ccccc1[N+](=O)[O-]. The predicted molar refractivity (Wildman–Crippen MR) is 60.7 cm³/mol. The number of nitro groups is 1. The second kappa shape index (κ2) is 5.26. The van der Waals surface area contributed by atoms with Crippen molar-refractivity contribution in [1.82, 2.24) is 5.32 Å². The summed E-state index contributed by atoms with van der Waals surface area (Å²) >= 11 is 0. The third kappa shape index (κ3) is 3.18. The van der Waals surface area contributed by atoms with Crippen LogP contribution in [-0.4, -0.2) is 18.5 Å². The fourth-order valence-corrected chi connectivity index (χ4v) is 1.37. The van der Waals surface area contributed by atoms with Crippen LogP contribution in [0.5, 0.6) is 0 Å². The van der Waals surface area contributed by atoms with Crippen LogP contribution in [0.4, 0.5) is 5.69 Å². The van der Waals surface area contributed by atoms with Gasteiger partial charge in [0.2, 0.25) is 0 Å². The third-order valence-electron chi connectivity index (χ3n) is 1.99. The predicted octanol–water partition coefficient (Wildman–Crippen LogP) is 2.22. The summed E-state index contributed by atoms with van der Waals surface area (Å²) in [6, 6.07) is 6.73. The van der Waals surface area contributed by atoms with E-state index in [2.05, 4.69) is 5.32 Å². The van der Waals surface area contributed by atoms with Crippen molar-refractivity contribution in [3.63, 3.8) is 0 Å². The molecule has 0 spiro atoms. The average molecular weight is 206 g/mol. The van der Waals surface area contributed by atoms with Crippen molar-refractivity contribution in [2.45, 2.75) is 6.92 Å². The minimum absolute atomic E-state index is 0.146. The van der Waals surface area contributed by atoms with E-state index < -0.39 is 0 Å². The molecule has 0 fully saturated rings. The third-order valence-corrected chi connectivity index (χ3v) is 1.99. The highest BCUT2D eigenvalue weighted by Crippen LogP contribution is 2.20. The first-order valence-electron chi connectivity index (χ1n) is 4.70. The maximum absolute atomic E-state index is 10.7. The molecule has 80 valence electrons. The van der Waals surface area contributed by atoms with E-state index in [-0.39, 0.29) is 10.6 Å². The Balaban J connectivity index is 3.03. The first kappa shape index (κ1) is 11.4. The summed E-state index contributed by atoms with van der Waals surface area (Å²) in [6.45, 7) is 2.67. The second-order valence-electron chi connectivity index (χ2n) is 3.34. The van der Waals surface area contributed by atoms with Gasteiger partial charge in [-0.3, -0.25) is 10.1 Å². The monoisotopic (exact) mass is 206 g/mol. The largest absolute Gasteiger partial charge is 0.316 e. The average Bonchev–Trinajstić information content (AvgIpc) is 2.18. The number of nitrogens with one attached hydrogen (secondary N) is 1. The highest BCUT2D eigenvalue weighted by atomic mass is 16.6. The molecule has 15 heavy (non-hydrogen) atoms. The Morgan fingerprint density at radius 2 is 2.20 bits per heavy atom. The van der Waals surface area contributed by atoms with Crippen molar-refractivity contribution in [2.75, 3.05) is 13.6 Å². The highest BCUT2D eigenvalue weighted by Gasteiger charge is 2.09. The number of para-hydroxylation sites is 1. The van der Waals surface area contributed by atoms with E-state index in [0.717, 1.165) is 12.1 Å². The normalized spacial score (nSPS) is 11.5. The lowest BCUT2D eigenvalue weighted by atomic mass is 10.1. The number of nitro benzene ring substituents is 1. The van der Waals surface area contributed by atoms with Crippen LogP contribution < -0.4 is 5.32 Å². The van der Waals surface area contributed by atoms with Crippen LogP contribution in [0.3, 0.4) is 0 Å². The van der Waals surface area contributed by atoms with E-state index in [1.165, 1.54) is 6.07 Å². The minimum atomic E-state index is -0.363. The zero-order valence-corrected chi connectivity index (χ0v) is 8.86. The van der Waals surface area contributed by atoms with Crippen LogP contribution in [0.15, 0.2) is 29.8 Å². The molecule has 0 atom stereocenters. The Labute approximate surface area is 88.8 Å². The van der Waals surface area contributed by atoms with Gasteiger partial charge in [0, 0.05) is 12.6 Å². The van der Waals surface area contributed by atoms with Gasteiger partial charge in [0.25, 0.3) is 5.69 Å². The van der Waals surface area contributed by atoms with Gasteiger partial charge in [-0.25, -0.2) is 0 Å². The Bertz CT molecular complexity index is 386. The Morgan fingerprint density at radius 3 is 2.80 bits per heavy atom. The van der Waals surface area contributed by atoms with E-state index in [1.54, 1.807) is 18.2 Å². The molecule has 4 heteroatoms. The summed E-state index contributed by atoms with van der Waals surface area (Å²) < 4.78 is 0. The molecule has 0 radical (unpaired) electrons. The van der Waals surface area contributed by atoms with Crippen molar-refractivity contribution in [3.05, 3.63) is 45.5 Å². The van der Waals surface area contributed by atoms with Gasteiger partial charge in [0.15, 0.2) is 0 Å². The number of hydrogen-bond acceptors (Lipinski definition) is 3. The van der Waals surface area contributed by atoms with Crippen molar-refractivity contribution in [1.29, 1.82) is 0 Å². The van der Waals surface area contributed by atoms with Gasteiger partial charge in [-0.05, 0) is 26.1 Å². The number of hydrogen-bond donors (Lipinski definition) is 1. The molecule has 0 aliphatic heterocycles. The molecule has 0 aromatic heterocycles. The second-order valence-corrected chi connectivity index (χ2v) is 3.34. The maximum atomic E-state index is 10.7. The molecule has 0 aliphatic carbocycles. The summed E-state index contributed by atoms with van der Waals surface area (Å²) in [5.41, 5.74) is 1.86. The molecule has 0 aliphatic rings. The standard InChI is InChI=1S/C11H14N2O2/c1-9(8-12-2)7-10-5-3-4-6-11(10)13(14)15/h3-7,12H,8H2,1-2H3. The minimum Gasteiger partial charge on any atom is -0.316 e. The van der Waals surface area contributed by atoms with Crippen molar-refractivity contribution < 1.29 is 4.92 Å². The van der Waals surface area contributed by atoms with E-state index in [0.29, 0.717) is 5.56 Å². The summed E-state index contributed by atoms with van der Waals surface area (Å²) in [5.74, 6) is 0. The van der Waals surface area contributed by atoms with Gasteiger partial charge < -0.3 is 5.32 Å². The molecule has 1 aromatic rings. The van der Waals surface area contributed by atoms with Gasteiger partial charge >= 0.3 is 0 Å². The molecule has 0 bridgehead atoms. The molecular weight excluding hydrogens is 192 g/mol. The fraction of sp³-hybridized carbons (Fsp3) is 0.273. The van der Waals surface area contributed by atoms with Crippen LogP contribution in [0, 0.1) is 10.1 Å². The zero-order chi connectivity index (χ0) is 11.3. The van der Waals surface area contributed by atoms with Gasteiger partial charge in [-0.1, -0.05) is 17.7 Å². The number of benzene rings is 1. The molecule has 1 rings (SSSR count). The quantitative estimate of drug-likeness (QED) is 0.607. The van der Waals surface area contributed by atoms with Gasteiger partial charge in [0.1, 0.15) is 0 Å². The van der Waals surface area contributed by atoms with Crippen molar-refractivity contribution in [2.24, 2.45) is 0 Å². The Morgan fingerprint density at radius 1 is 1.53 bits per heavy atom. The molecule has 0 unspecified atom stereocenters. The van der Waals surface area contributed by atoms with E-state index in [1.807, 2.05) is 20.0 Å². The van der Waals surface area contributed by atoms with Gasteiger partial charge in [-0.2, -0.15) is 0 Å². The fourth-order valence-electron chi connectivity index (χ4n) is 1.37. The van der Waals surface area contributed by atoms with E-state index in [4.69, 9.17) is 0 Å². The number of rotatable bonds is 4. The van der Waals surface area contributed by atoms with Crippen LogP contribution in [0.25, 0.3) is 6.08 Å². The van der Waals surface area contributed by atoms with Gasteiger partial charge in [0.05, 0.1) is 10.5 Å². The molecule has 4 nitrogen and oxygen atoms in total. The summed E-state index contributed by atoms with van der Waals surface area (Å²) in [4.78, 5) is 10.4. The lowest BCUT2D eigenvalue weighted by Gasteiger charge is -2.00. The molecule has 1 aromatic carbocycles. The summed E-state index contributed by atoms with van der Waals surface area (Å²) in [6.07, 6.45) is 1.83. The molecule has 0 heterocycles. The summed E-state index contributed by atoms with van der Waals surface area (Å²) in [7, 11) is 1.84. The van der Waals surface area contributed by atoms with Gasteiger partial charge in [-0.15, -0.1) is 0 Å². The first-order chi connectivity index (χ1) is 7.15.